The van der Waals surface area contributed by atoms with Crippen molar-refractivity contribution in [3.05, 3.63) is 28.8 Å². The normalized spacial score (nSPS) is 9.93. The molecule has 0 radical (unpaired) electrons. The van der Waals surface area contributed by atoms with Crippen LogP contribution in [0.4, 0.5) is 0 Å². The largest absolute Gasteiger partial charge is 0.496 e. The number of rotatable bonds is 3. The SMILES string of the molecule is COc1cc(C)c(CC(N)=O)cc1C. The van der Waals surface area contributed by atoms with Crippen molar-refractivity contribution in [2.75, 3.05) is 7.11 Å². The van der Waals surface area contributed by atoms with Crippen molar-refractivity contribution in [1.82, 2.24) is 0 Å². The highest BCUT2D eigenvalue weighted by Gasteiger charge is 2.06. The van der Waals surface area contributed by atoms with Gasteiger partial charge in [-0.15, -0.1) is 0 Å². The Hall–Kier alpha value is -1.51. The van der Waals surface area contributed by atoms with Gasteiger partial charge in [-0.3, -0.25) is 4.79 Å². The third-order valence-corrected chi connectivity index (χ3v) is 2.22. The third kappa shape index (κ3) is 2.25. The van der Waals surface area contributed by atoms with E-state index in [0.29, 0.717) is 0 Å². The van der Waals surface area contributed by atoms with E-state index in [2.05, 4.69) is 0 Å². The van der Waals surface area contributed by atoms with Crippen LogP contribution < -0.4 is 10.5 Å². The smallest absolute Gasteiger partial charge is 0.221 e. The van der Waals surface area contributed by atoms with Crippen LogP contribution in [0.5, 0.6) is 5.75 Å². The van der Waals surface area contributed by atoms with E-state index >= 15 is 0 Å². The molecular formula is C11H15NO2. The van der Waals surface area contributed by atoms with Gasteiger partial charge in [0.25, 0.3) is 0 Å². The topological polar surface area (TPSA) is 52.3 Å². The summed E-state index contributed by atoms with van der Waals surface area (Å²) in [5.74, 6) is 0.536. The van der Waals surface area contributed by atoms with Crippen LogP contribution in [0, 0.1) is 13.8 Å². The highest BCUT2D eigenvalue weighted by molar-refractivity contribution is 5.77. The molecule has 0 fully saturated rings. The lowest BCUT2D eigenvalue weighted by atomic mass is 10.0. The predicted octanol–water partition coefficient (Wildman–Crippen LogP) is 1.34. The van der Waals surface area contributed by atoms with Crippen LogP contribution in [-0.2, 0) is 11.2 Å². The van der Waals surface area contributed by atoms with E-state index in [1.807, 2.05) is 26.0 Å². The van der Waals surface area contributed by atoms with Gasteiger partial charge in [-0.05, 0) is 36.6 Å². The van der Waals surface area contributed by atoms with Crippen molar-refractivity contribution >= 4 is 5.91 Å². The number of nitrogens with two attached hydrogens (primary N) is 1. The van der Waals surface area contributed by atoms with E-state index in [0.717, 1.165) is 22.4 Å². The monoisotopic (exact) mass is 193 g/mol. The number of amides is 1. The molecule has 1 aromatic carbocycles. The van der Waals surface area contributed by atoms with Crippen LogP contribution in [0.1, 0.15) is 16.7 Å². The Balaban J connectivity index is 3.08. The van der Waals surface area contributed by atoms with Gasteiger partial charge in [0.2, 0.25) is 5.91 Å². The van der Waals surface area contributed by atoms with Gasteiger partial charge in [-0.1, -0.05) is 6.07 Å². The maximum atomic E-state index is 10.8. The summed E-state index contributed by atoms with van der Waals surface area (Å²) in [6, 6.07) is 3.87. The molecule has 0 heterocycles. The Kier molecular flexibility index (Phi) is 3.12. The number of methoxy groups -OCH3 is 1. The fraction of sp³-hybridized carbons (Fsp3) is 0.364. The predicted molar refractivity (Wildman–Crippen MR) is 55.4 cm³/mol. The molecule has 1 rings (SSSR count). The highest BCUT2D eigenvalue weighted by atomic mass is 16.5. The van der Waals surface area contributed by atoms with Gasteiger partial charge < -0.3 is 10.5 Å². The van der Waals surface area contributed by atoms with Crippen LogP contribution in [0.2, 0.25) is 0 Å². The molecule has 0 aliphatic heterocycles. The molecule has 2 N–H and O–H groups in total. The third-order valence-electron chi connectivity index (χ3n) is 2.22. The minimum Gasteiger partial charge on any atom is -0.496 e. The average molecular weight is 193 g/mol. The van der Waals surface area contributed by atoms with Gasteiger partial charge in [0.1, 0.15) is 5.75 Å². The zero-order valence-corrected chi connectivity index (χ0v) is 8.76. The fourth-order valence-corrected chi connectivity index (χ4v) is 1.45. The molecule has 0 atom stereocenters. The first kappa shape index (κ1) is 10.6. The molecule has 0 bridgehead atoms. The van der Waals surface area contributed by atoms with E-state index < -0.39 is 0 Å². The first-order valence-electron chi connectivity index (χ1n) is 4.47. The van der Waals surface area contributed by atoms with Crippen molar-refractivity contribution in [3.63, 3.8) is 0 Å². The molecular weight excluding hydrogens is 178 g/mol. The van der Waals surface area contributed by atoms with Crippen LogP contribution in [0.25, 0.3) is 0 Å². The van der Waals surface area contributed by atoms with Crippen molar-refractivity contribution in [3.8, 4) is 5.75 Å². The quantitative estimate of drug-likeness (QED) is 0.787. The number of benzene rings is 1. The van der Waals surface area contributed by atoms with Gasteiger partial charge in [-0.25, -0.2) is 0 Å². The van der Waals surface area contributed by atoms with Crippen molar-refractivity contribution in [2.45, 2.75) is 20.3 Å². The summed E-state index contributed by atoms with van der Waals surface area (Å²) in [6.45, 7) is 3.89. The molecule has 0 unspecified atom stereocenters. The Morgan fingerprint density at radius 2 is 2.00 bits per heavy atom. The molecule has 0 saturated heterocycles. The second-order valence-electron chi connectivity index (χ2n) is 3.39. The first-order chi connectivity index (χ1) is 6.54. The number of hydrogen-bond donors (Lipinski definition) is 1. The summed E-state index contributed by atoms with van der Waals surface area (Å²) in [7, 11) is 1.63. The minimum atomic E-state index is -0.308. The van der Waals surface area contributed by atoms with E-state index in [4.69, 9.17) is 10.5 Å². The zero-order valence-electron chi connectivity index (χ0n) is 8.76. The fourth-order valence-electron chi connectivity index (χ4n) is 1.45. The number of hydrogen-bond acceptors (Lipinski definition) is 2. The summed E-state index contributed by atoms with van der Waals surface area (Å²) in [6.07, 6.45) is 0.288. The lowest BCUT2D eigenvalue weighted by Gasteiger charge is -2.09. The Morgan fingerprint density at radius 1 is 1.36 bits per heavy atom. The van der Waals surface area contributed by atoms with Crippen LogP contribution >= 0.6 is 0 Å². The molecule has 76 valence electrons. The lowest BCUT2D eigenvalue weighted by molar-refractivity contribution is -0.117. The van der Waals surface area contributed by atoms with E-state index in [1.165, 1.54) is 0 Å². The van der Waals surface area contributed by atoms with Crippen LogP contribution in [-0.4, -0.2) is 13.0 Å². The van der Waals surface area contributed by atoms with Crippen LogP contribution in [0.15, 0.2) is 12.1 Å². The van der Waals surface area contributed by atoms with Crippen molar-refractivity contribution < 1.29 is 9.53 Å². The number of ether oxygens (including phenoxy) is 1. The summed E-state index contributed by atoms with van der Waals surface area (Å²) in [5, 5.41) is 0. The number of primary amides is 1. The molecule has 3 nitrogen and oxygen atoms in total. The minimum absolute atomic E-state index is 0.288. The van der Waals surface area contributed by atoms with E-state index in [-0.39, 0.29) is 12.3 Å². The molecule has 1 amide bonds. The molecule has 3 heteroatoms. The Labute approximate surface area is 83.9 Å². The molecule has 0 saturated carbocycles. The lowest BCUT2D eigenvalue weighted by Crippen LogP contribution is -2.14. The highest BCUT2D eigenvalue weighted by Crippen LogP contribution is 2.22. The summed E-state index contributed by atoms with van der Waals surface area (Å²) < 4.78 is 5.17. The van der Waals surface area contributed by atoms with Gasteiger partial charge in [0, 0.05) is 0 Å². The molecule has 0 aliphatic rings. The molecule has 0 aliphatic carbocycles. The maximum absolute atomic E-state index is 10.8. The molecule has 1 aromatic rings. The second kappa shape index (κ2) is 4.13. The Bertz CT molecular complexity index is 359. The number of carbonyl (C=O) groups is 1. The second-order valence-corrected chi connectivity index (χ2v) is 3.39. The van der Waals surface area contributed by atoms with Gasteiger partial charge in [0.05, 0.1) is 13.5 Å². The molecule has 0 spiro atoms. The number of aryl methyl sites for hydroxylation is 2. The summed E-state index contributed by atoms with van der Waals surface area (Å²) in [5.41, 5.74) is 8.17. The summed E-state index contributed by atoms with van der Waals surface area (Å²) >= 11 is 0. The Morgan fingerprint density at radius 3 is 2.50 bits per heavy atom. The maximum Gasteiger partial charge on any atom is 0.221 e. The van der Waals surface area contributed by atoms with Crippen molar-refractivity contribution in [1.29, 1.82) is 0 Å². The van der Waals surface area contributed by atoms with Gasteiger partial charge in [-0.2, -0.15) is 0 Å². The van der Waals surface area contributed by atoms with Crippen LogP contribution in [0.3, 0.4) is 0 Å². The van der Waals surface area contributed by atoms with E-state index in [9.17, 15) is 4.79 Å². The molecule has 0 aromatic heterocycles. The van der Waals surface area contributed by atoms with E-state index in [1.54, 1.807) is 7.11 Å². The average Bonchev–Trinajstić information content (AvgIpc) is 2.10. The zero-order chi connectivity index (χ0) is 10.7. The number of carbonyl (C=O) groups excluding carboxylic acids is 1. The van der Waals surface area contributed by atoms with Gasteiger partial charge >= 0.3 is 0 Å². The molecule has 14 heavy (non-hydrogen) atoms. The summed E-state index contributed by atoms with van der Waals surface area (Å²) in [4.78, 5) is 10.8. The van der Waals surface area contributed by atoms with Gasteiger partial charge in [0.15, 0.2) is 0 Å². The van der Waals surface area contributed by atoms with Crippen molar-refractivity contribution in [2.24, 2.45) is 5.73 Å². The first-order valence-corrected chi connectivity index (χ1v) is 4.47. The standard InChI is InChI=1S/C11H15NO2/c1-7-5-10(14-3)8(2)4-9(7)6-11(12)13/h4-5H,6H2,1-3H3,(H2,12,13).